The summed E-state index contributed by atoms with van der Waals surface area (Å²) in [6, 6.07) is 12.9. The molecule has 0 spiro atoms. The number of methoxy groups -OCH3 is 1. The molecule has 0 aliphatic rings. The molecule has 0 unspecified atom stereocenters. The van der Waals surface area contributed by atoms with Crippen molar-refractivity contribution in [3.05, 3.63) is 71.5 Å². The number of pyridine rings is 2. The number of nitrogens with zero attached hydrogens (tertiary/aromatic N) is 4. The van der Waals surface area contributed by atoms with Gasteiger partial charge in [-0.2, -0.15) is 4.98 Å². The van der Waals surface area contributed by atoms with Gasteiger partial charge in [-0.1, -0.05) is 12.1 Å². The van der Waals surface area contributed by atoms with E-state index in [4.69, 9.17) is 4.74 Å². The normalized spacial score (nSPS) is 10.7. The van der Waals surface area contributed by atoms with E-state index in [1.54, 1.807) is 31.6 Å². The highest BCUT2D eigenvalue weighted by molar-refractivity contribution is 5.88. The molecule has 0 radical (unpaired) electrons. The van der Waals surface area contributed by atoms with Gasteiger partial charge in [0.15, 0.2) is 5.65 Å². The minimum absolute atomic E-state index is 0.133. The molecule has 0 saturated carbocycles. The van der Waals surface area contributed by atoms with Gasteiger partial charge in [0, 0.05) is 23.6 Å². The molecule has 4 aromatic rings. The van der Waals surface area contributed by atoms with E-state index >= 15 is 0 Å². The van der Waals surface area contributed by atoms with Crippen molar-refractivity contribution in [2.24, 2.45) is 0 Å². The Hall–Kier alpha value is -3.94. The van der Waals surface area contributed by atoms with Crippen LogP contribution in [0, 0.1) is 0 Å². The molecule has 3 aromatic heterocycles. The van der Waals surface area contributed by atoms with Gasteiger partial charge in [0.25, 0.3) is 0 Å². The molecule has 2 N–H and O–H groups in total. The maximum Gasteiger partial charge on any atom is 0.384 e. The van der Waals surface area contributed by atoms with E-state index in [1.165, 1.54) is 6.20 Å². The lowest BCUT2D eigenvalue weighted by molar-refractivity contribution is 0.182. The number of benzene rings is 1. The lowest BCUT2D eigenvalue weighted by atomic mass is 10.1. The van der Waals surface area contributed by atoms with E-state index in [2.05, 4.69) is 20.3 Å². The monoisotopic (exact) mass is 361 g/mol. The van der Waals surface area contributed by atoms with Gasteiger partial charge in [0.2, 0.25) is 0 Å². The number of hydrogen-bond donors (Lipinski definition) is 2. The SMILES string of the molecule is COc1cncc(-c2cccc(Nc3nc(=O)n(O)c4ncccc34)c2)c1. The molecule has 0 atom stereocenters. The zero-order valence-corrected chi connectivity index (χ0v) is 14.3. The Bertz CT molecular complexity index is 1190. The number of nitrogens with one attached hydrogen (secondary N) is 1. The summed E-state index contributed by atoms with van der Waals surface area (Å²) in [4.78, 5) is 24.0. The first-order valence-corrected chi connectivity index (χ1v) is 8.09. The molecule has 0 bridgehead atoms. The molecule has 0 aliphatic heterocycles. The Morgan fingerprint density at radius 2 is 2.00 bits per heavy atom. The van der Waals surface area contributed by atoms with Crippen molar-refractivity contribution in [1.82, 2.24) is 19.7 Å². The average molecular weight is 361 g/mol. The van der Waals surface area contributed by atoms with Crippen LogP contribution in [0.1, 0.15) is 0 Å². The Morgan fingerprint density at radius 1 is 1.11 bits per heavy atom. The second-order valence-corrected chi connectivity index (χ2v) is 5.75. The zero-order valence-electron chi connectivity index (χ0n) is 14.3. The number of ether oxygens (including phenoxy) is 1. The molecule has 1 aromatic carbocycles. The summed E-state index contributed by atoms with van der Waals surface area (Å²) < 4.78 is 5.65. The molecule has 134 valence electrons. The number of fused-ring (bicyclic) bond motifs is 1. The summed E-state index contributed by atoms with van der Waals surface area (Å²) in [6.45, 7) is 0. The first-order valence-electron chi connectivity index (χ1n) is 8.09. The van der Waals surface area contributed by atoms with E-state index in [0.717, 1.165) is 16.8 Å². The molecule has 0 aliphatic carbocycles. The lowest BCUT2D eigenvalue weighted by Crippen LogP contribution is -2.23. The number of anilines is 2. The number of hydrogen-bond acceptors (Lipinski definition) is 7. The van der Waals surface area contributed by atoms with Crippen LogP contribution in [0.4, 0.5) is 11.5 Å². The van der Waals surface area contributed by atoms with Crippen molar-refractivity contribution >= 4 is 22.5 Å². The number of aromatic nitrogens is 4. The fraction of sp³-hybridized carbons (Fsp3) is 0.0526. The van der Waals surface area contributed by atoms with Crippen LogP contribution in [0.25, 0.3) is 22.2 Å². The van der Waals surface area contributed by atoms with Crippen molar-refractivity contribution in [3.63, 3.8) is 0 Å². The minimum atomic E-state index is -0.808. The van der Waals surface area contributed by atoms with Crippen LogP contribution in [-0.4, -0.2) is 32.0 Å². The predicted octanol–water partition coefficient (Wildman–Crippen LogP) is 2.84. The van der Waals surface area contributed by atoms with Gasteiger partial charge < -0.3 is 15.3 Å². The summed E-state index contributed by atoms with van der Waals surface area (Å²) in [5.74, 6) is 0.977. The molecule has 4 rings (SSSR count). The molecule has 27 heavy (non-hydrogen) atoms. The highest BCUT2D eigenvalue weighted by atomic mass is 16.5. The molecule has 8 heteroatoms. The Labute approximate surface area is 153 Å². The summed E-state index contributed by atoms with van der Waals surface area (Å²) in [5.41, 5.74) is 1.86. The molecule has 0 fully saturated rings. The zero-order chi connectivity index (χ0) is 18.8. The molecular formula is C19H15N5O3. The first-order chi connectivity index (χ1) is 13.2. The van der Waals surface area contributed by atoms with Crippen LogP contribution < -0.4 is 15.7 Å². The van der Waals surface area contributed by atoms with E-state index in [-0.39, 0.29) is 5.65 Å². The highest BCUT2D eigenvalue weighted by Crippen LogP contribution is 2.27. The molecule has 0 amide bonds. The van der Waals surface area contributed by atoms with Crippen LogP contribution in [0.15, 0.2) is 65.8 Å². The second-order valence-electron chi connectivity index (χ2n) is 5.75. The average Bonchev–Trinajstić information content (AvgIpc) is 2.72. The highest BCUT2D eigenvalue weighted by Gasteiger charge is 2.11. The molecular weight excluding hydrogens is 346 g/mol. The van der Waals surface area contributed by atoms with Crippen molar-refractivity contribution in [1.29, 1.82) is 0 Å². The third-order valence-corrected chi connectivity index (χ3v) is 4.04. The first kappa shape index (κ1) is 16.5. The van der Waals surface area contributed by atoms with Crippen LogP contribution in [-0.2, 0) is 0 Å². The van der Waals surface area contributed by atoms with Gasteiger partial charge in [-0.25, -0.2) is 9.78 Å². The third kappa shape index (κ3) is 3.15. The maximum atomic E-state index is 11.9. The van der Waals surface area contributed by atoms with Crippen molar-refractivity contribution in [3.8, 4) is 16.9 Å². The largest absolute Gasteiger partial charge is 0.495 e. The summed E-state index contributed by atoms with van der Waals surface area (Å²) in [7, 11) is 1.59. The van der Waals surface area contributed by atoms with E-state index in [9.17, 15) is 10.0 Å². The van der Waals surface area contributed by atoms with Crippen LogP contribution in [0.5, 0.6) is 5.75 Å². The van der Waals surface area contributed by atoms with E-state index in [0.29, 0.717) is 21.7 Å². The van der Waals surface area contributed by atoms with Crippen LogP contribution in [0.3, 0.4) is 0 Å². The third-order valence-electron chi connectivity index (χ3n) is 4.04. The van der Waals surface area contributed by atoms with Crippen LogP contribution >= 0.6 is 0 Å². The summed E-state index contributed by atoms with van der Waals surface area (Å²) in [6.07, 6.45) is 4.87. The van der Waals surface area contributed by atoms with Gasteiger partial charge in [-0.3, -0.25) is 4.98 Å². The van der Waals surface area contributed by atoms with Gasteiger partial charge in [0.1, 0.15) is 11.6 Å². The molecule has 3 heterocycles. The van der Waals surface area contributed by atoms with Gasteiger partial charge in [-0.15, -0.1) is 4.73 Å². The summed E-state index contributed by atoms with van der Waals surface area (Å²) in [5, 5.41) is 13.5. The standard InChI is InChI=1S/C19H15N5O3/c1-27-15-9-13(10-20-11-15)12-4-2-5-14(8-12)22-17-16-6-3-7-21-18(16)24(26)19(25)23-17/h2-11,26H,1H3,(H,22,23,25). The van der Waals surface area contributed by atoms with Crippen molar-refractivity contribution in [2.75, 3.05) is 12.4 Å². The smallest absolute Gasteiger partial charge is 0.384 e. The Kier molecular flexibility index (Phi) is 4.13. The van der Waals surface area contributed by atoms with Gasteiger partial charge in [-0.05, 0) is 35.9 Å². The summed E-state index contributed by atoms with van der Waals surface area (Å²) >= 11 is 0. The molecule has 0 saturated heterocycles. The lowest BCUT2D eigenvalue weighted by Gasteiger charge is -2.11. The molecule has 8 nitrogen and oxygen atoms in total. The fourth-order valence-electron chi connectivity index (χ4n) is 2.74. The topological polar surface area (TPSA) is 102 Å². The van der Waals surface area contributed by atoms with Crippen LogP contribution in [0.2, 0.25) is 0 Å². The maximum absolute atomic E-state index is 11.9. The minimum Gasteiger partial charge on any atom is -0.495 e. The Morgan fingerprint density at radius 3 is 2.85 bits per heavy atom. The van der Waals surface area contributed by atoms with Crippen molar-refractivity contribution < 1.29 is 9.94 Å². The quantitative estimate of drug-likeness (QED) is 0.539. The van der Waals surface area contributed by atoms with E-state index < -0.39 is 5.69 Å². The Balaban J connectivity index is 1.75. The van der Waals surface area contributed by atoms with Crippen molar-refractivity contribution in [2.45, 2.75) is 0 Å². The van der Waals surface area contributed by atoms with E-state index in [1.807, 2.05) is 30.3 Å². The predicted molar refractivity (Wildman–Crippen MR) is 100 cm³/mol. The van der Waals surface area contributed by atoms with Gasteiger partial charge in [0.05, 0.1) is 18.7 Å². The van der Waals surface area contributed by atoms with Gasteiger partial charge >= 0.3 is 5.69 Å². The fourth-order valence-corrected chi connectivity index (χ4v) is 2.74. The second kappa shape index (κ2) is 6.75. The number of rotatable bonds is 4.